The Kier molecular flexibility index (Phi) is 7.72. The van der Waals surface area contributed by atoms with Gasteiger partial charge in [0.15, 0.2) is 10.8 Å². The summed E-state index contributed by atoms with van der Waals surface area (Å²) in [6.07, 6.45) is 4.80. The Morgan fingerprint density at radius 1 is 1.26 bits per heavy atom. The number of hydrogen-bond donors (Lipinski definition) is 2. The van der Waals surface area contributed by atoms with Crippen LogP contribution in [0.4, 0.5) is 0 Å². The number of rotatable bonds is 7. The summed E-state index contributed by atoms with van der Waals surface area (Å²) in [7, 11) is 1.63. The number of nitrogens with zero attached hydrogens (tertiary/aromatic N) is 5. The zero-order valence-corrected chi connectivity index (χ0v) is 21.4. The fraction of sp³-hybridized carbons (Fsp3) is 0.320. The van der Waals surface area contributed by atoms with Gasteiger partial charge in [0, 0.05) is 30.7 Å². The standard InChI is InChI=1S/C25H29ClN6O3/c1-14-7-8-17(21-15(2)12-29-24(31-21)25(4,5)34)11-19(14)32-16(3)30-22(20(26)23(32)33)35-13-18(27)9-10-28-6/h7-12,34H,13,27H2,1-6H3/b18-9-,28-10?. The van der Waals surface area contributed by atoms with Gasteiger partial charge in [-0.3, -0.25) is 14.4 Å². The van der Waals surface area contributed by atoms with Crippen molar-refractivity contribution in [3.8, 4) is 22.8 Å². The highest BCUT2D eigenvalue weighted by atomic mass is 35.5. The third-order valence-corrected chi connectivity index (χ3v) is 5.54. The van der Waals surface area contributed by atoms with Gasteiger partial charge >= 0.3 is 0 Å². The molecule has 3 aromatic rings. The molecule has 35 heavy (non-hydrogen) atoms. The highest BCUT2D eigenvalue weighted by Gasteiger charge is 2.22. The van der Waals surface area contributed by atoms with Crippen LogP contribution >= 0.6 is 11.6 Å². The minimum atomic E-state index is -1.20. The van der Waals surface area contributed by atoms with Crippen molar-refractivity contribution in [3.63, 3.8) is 0 Å². The van der Waals surface area contributed by atoms with E-state index >= 15 is 0 Å². The van der Waals surface area contributed by atoms with E-state index in [1.807, 2.05) is 32.0 Å². The topological polar surface area (TPSA) is 129 Å². The maximum atomic E-state index is 13.3. The van der Waals surface area contributed by atoms with Crippen molar-refractivity contribution >= 4 is 17.8 Å². The number of benzene rings is 1. The van der Waals surface area contributed by atoms with Gasteiger partial charge < -0.3 is 15.6 Å². The molecule has 2 aromatic heterocycles. The minimum absolute atomic E-state index is 0.00507. The maximum absolute atomic E-state index is 13.3. The number of allylic oxidation sites excluding steroid dienone is 1. The van der Waals surface area contributed by atoms with E-state index in [0.29, 0.717) is 28.7 Å². The van der Waals surface area contributed by atoms with E-state index in [2.05, 4.69) is 19.9 Å². The number of aromatic nitrogens is 4. The summed E-state index contributed by atoms with van der Waals surface area (Å²) >= 11 is 6.36. The molecule has 0 aliphatic heterocycles. The van der Waals surface area contributed by atoms with Crippen LogP contribution in [-0.4, -0.2) is 44.5 Å². The summed E-state index contributed by atoms with van der Waals surface area (Å²) in [5, 5.41) is 10.2. The molecular formula is C25H29ClN6O3. The lowest BCUT2D eigenvalue weighted by atomic mass is 10.0. The van der Waals surface area contributed by atoms with Gasteiger partial charge in [-0.25, -0.2) is 9.97 Å². The molecule has 0 saturated carbocycles. The lowest BCUT2D eigenvalue weighted by Gasteiger charge is -2.18. The van der Waals surface area contributed by atoms with Gasteiger partial charge in [-0.15, -0.1) is 0 Å². The Hall–Kier alpha value is -3.56. The Bertz CT molecular complexity index is 1370. The van der Waals surface area contributed by atoms with Crippen LogP contribution in [0.1, 0.15) is 36.6 Å². The van der Waals surface area contributed by atoms with Crippen molar-refractivity contribution in [1.82, 2.24) is 19.5 Å². The molecule has 10 heteroatoms. The summed E-state index contributed by atoms with van der Waals surface area (Å²) in [6, 6.07) is 5.64. The lowest BCUT2D eigenvalue weighted by molar-refractivity contribution is 0.0688. The third kappa shape index (κ3) is 5.75. The van der Waals surface area contributed by atoms with Crippen molar-refractivity contribution in [2.24, 2.45) is 10.7 Å². The molecule has 1 aromatic carbocycles. The van der Waals surface area contributed by atoms with E-state index < -0.39 is 11.2 Å². The molecule has 0 radical (unpaired) electrons. The van der Waals surface area contributed by atoms with Gasteiger partial charge in [0.1, 0.15) is 18.0 Å². The van der Waals surface area contributed by atoms with E-state index in [-0.39, 0.29) is 17.5 Å². The van der Waals surface area contributed by atoms with Crippen LogP contribution in [0.5, 0.6) is 5.88 Å². The van der Waals surface area contributed by atoms with E-state index in [4.69, 9.17) is 22.1 Å². The van der Waals surface area contributed by atoms with Crippen LogP contribution in [0, 0.1) is 20.8 Å². The Morgan fingerprint density at radius 2 is 1.97 bits per heavy atom. The quantitative estimate of drug-likeness (QED) is 0.479. The Labute approximate surface area is 209 Å². The van der Waals surface area contributed by atoms with Crippen LogP contribution in [0.15, 0.2) is 46.0 Å². The zero-order chi connectivity index (χ0) is 25.9. The fourth-order valence-electron chi connectivity index (χ4n) is 3.36. The summed E-state index contributed by atoms with van der Waals surface area (Å²) in [5.41, 5.74) is 8.29. The number of halogens is 1. The first-order valence-electron chi connectivity index (χ1n) is 10.9. The van der Waals surface area contributed by atoms with Gasteiger partial charge in [-0.2, -0.15) is 4.98 Å². The average molecular weight is 497 g/mol. The molecule has 0 fully saturated rings. The Morgan fingerprint density at radius 3 is 2.63 bits per heavy atom. The minimum Gasteiger partial charge on any atom is -0.470 e. The predicted octanol–water partition coefficient (Wildman–Crippen LogP) is 3.42. The third-order valence-electron chi connectivity index (χ3n) is 5.22. The molecule has 184 valence electrons. The number of hydrogen-bond acceptors (Lipinski definition) is 8. The van der Waals surface area contributed by atoms with E-state index in [9.17, 15) is 9.90 Å². The normalized spacial score (nSPS) is 12.4. The lowest BCUT2D eigenvalue weighted by Crippen LogP contribution is -2.25. The SMILES string of the molecule is CN=C/C=C(\N)COc1nc(C)n(-c2cc(-c3nc(C(C)(C)O)ncc3C)ccc2C)c(=O)c1Cl. The fourth-order valence-corrected chi connectivity index (χ4v) is 3.54. The second-order valence-corrected chi connectivity index (χ2v) is 9.02. The molecule has 3 N–H and O–H groups in total. The molecule has 0 unspecified atom stereocenters. The number of aryl methyl sites for hydroxylation is 3. The smallest absolute Gasteiger partial charge is 0.280 e. The molecule has 0 aliphatic rings. The van der Waals surface area contributed by atoms with Gasteiger partial charge in [0.05, 0.1) is 11.4 Å². The average Bonchev–Trinajstić information content (AvgIpc) is 2.80. The number of ether oxygens (including phenoxy) is 1. The largest absolute Gasteiger partial charge is 0.470 e. The van der Waals surface area contributed by atoms with Crippen LogP contribution in [0.3, 0.4) is 0 Å². The number of aliphatic hydroxyl groups is 1. The van der Waals surface area contributed by atoms with Gasteiger partial charge in [-0.1, -0.05) is 23.7 Å². The first-order chi connectivity index (χ1) is 16.4. The second kappa shape index (κ2) is 10.4. The molecule has 3 rings (SSSR count). The molecular weight excluding hydrogens is 468 g/mol. The van der Waals surface area contributed by atoms with Crippen molar-refractivity contribution < 1.29 is 9.84 Å². The molecule has 9 nitrogen and oxygen atoms in total. The van der Waals surface area contributed by atoms with E-state index in [1.165, 1.54) is 10.8 Å². The molecule has 0 atom stereocenters. The Balaban J connectivity index is 2.08. The first-order valence-corrected chi connectivity index (χ1v) is 11.3. The summed E-state index contributed by atoms with van der Waals surface area (Å²) < 4.78 is 7.02. The highest BCUT2D eigenvalue weighted by Crippen LogP contribution is 2.28. The molecule has 0 bridgehead atoms. The van der Waals surface area contributed by atoms with Crippen molar-refractivity contribution in [2.75, 3.05) is 13.7 Å². The van der Waals surface area contributed by atoms with E-state index in [0.717, 1.165) is 16.7 Å². The van der Waals surface area contributed by atoms with Crippen LogP contribution in [-0.2, 0) is 5.60 Å². The summed E-state index contributed by atoms with van der Waals surface area (Å²) in [5.74, 6) is 0.702. The van der Waals surface area contributed by atoms with Crippen LogP contribution in [0.2, 0.25) is 5.02 Å². The number of aliphatic imine (C=N–C) groups is 1. The molecule has 0 amide bonds. The van der Waals surface area contributed by atoms with Gasteiger partial charge in [0.25, 0.3) is 5.56 Å². The second-order valence-electron chi connectivity index (χ2n) is 8.64. The monoisotopic (exact) mass is 496 g/mol. The van der Waals surface area contributed by atoms with Crippen molar-refractivity contribution in [2.45, 2.75) is 40.2 Å². The number of nitrogens with two attached hydrogens (primary N) is 1. The van der Waals surface area contributed by atoms with Crippen LogP contribution in [0.25, 0.3) is 16.9 Å². The van der Waals surface area contributed by atoms with Crippen molar-refractivity contribution in [3.05, 3.63) is 74.3 Å². The summed E-state index contributed by atoms with van der Waals surface area (Å²) in [6.45, 7) is 8.73. The predicted molar refractivity (Wildman–Crippen MR) is 138 cm³/mol. The molecule has 2 heterocycles. The highest BCUT2D eigenvalue weighted by molar-refractivity contribution is 6.31. The molecule has 0 saturated heterocycles. The van der Waals surface area contributed by atoms with Gasteiger partial charge in [0.2, 0.25) is 5.88 Å². The van der Waals surface area contributed by atoms with Crippen molar-refractivity contribution in [1.29, 1.82) is 0 Å². The van der Waals surface area contributed by atoms with E-state index in [1.54, 1.807) is 40.1 Å². The first kappa shape index (κ1) is 26.1. The molecule has 0 spiro atoms. The van der Waals surface area contributed by atoms with Gasteiger partial charge in [-0.05, 0) is 57.9 Å². The molecule has 0 aliphatic carbocycles. The summed E-state index contributed by atoms with van der Waals surface area (Å²) in [4.78, 5) is 30.3. The zero-order valence-electron chi connectivity index (χ0n) is 20.6. The maximum Gasteiger partial charge on any atom is 0.280 e. The van der Waals surface area contributed by atoms with Crippen LogP contribution < -0.4 is 16.0 Å².